The monoisotopic (exact) mass is 500 g/mol. The van der Waals surface area contributed by atoms with Gasteiger partial charge in [-0.15, -0.1) is 0 Å². The third kappa shape index (κ3) is 4.51. The second-order valence-electron chi connectivity index (χ2n) is 9.59. The highest BCUT2D eigenvalue weighted by Gasteiger charge is 2.31. The Balaban J connectivity index is 1.51. The molecule has 2 N–H and O–H groups in total. The number of nitrogens with zero attached hydrogens (tertiary/aromatic N) is 5. The van der Waals surface area contributed by atoms with Crippen LogP contribution in [0.5, 0.6) is 0 Å². The van der Waals surface area contributed by atoms with Gasteiger partial charge >= 0.3 is 5.69 Å². The first-order chi connectivity index (χ1) is 17.9. The molecule has 9 heteroatoms. The number of likely N-dealkylation sites (tertiary alicyclic amines) is 1. The number of anilines is 1. The summed E-state index contributed by atoms with van der Waals surface area (Å²) in [4.78, 5) is 47.0. The highest BCUT2D eigenvalue weighted by molar-refractivity contribution is 6.01. The number of ketones is 1. The normalized spacial score (nSPS) is 16.3. The maximum Gasteiger partial charge on any atom is 0.332 e. The Bertz CT molecular complexity index is 1570. The zero-order valence-corrected chi connectivity index (χ0v) is 21.3. The van der Waals surface area contributed by atoms with Crippen LogP contribution in [0.25, 0.3) is 11.0 Å². The Labute approximate surface area is 214 Å². The largest absolute Gasteiger partial charge is 0.384 e. The summed E-state index contributed by atoms with van der Waals surface area (Å²) >= 11 is 0. The Kier molecular flexibility index (Phi) is 6.80. The number of Topliss-reactive ketones (excluding diaryl/α,β-unsaturated/α-hetero) is 1. The van der Waals surface area contributed by atoms with Crippen LogP contribution < -0.4 is 17.0 Å². The van der Waals surface area contributed by atoms with Gasteiger partial charge in [-0.1, -0.05) is 48.9 Å². The van der Waals surface area contributed by atoms with Gasteiger partial charge in [-0.2, -0.15) is 0 Å². The molecule has 1 saturated heterocycles. The van der Waals surface area contributed by atoms with E-state index in [9.17, 15) is 14.4 Å². The van der Waals surface area contributed by atoms with E-state index in [4.69, 9.17) is 10.7 Å². The molecule has 4 aromatic rings. The van der Waals surface area contributed by atoms with Crippen molar-refractivity contribution < 1.29 is 4.79 Å². The predicted molar refractivity (Wildman–Crippen MR) is 144 cm³/mol. The van der Waals surface area contributed by atoms with Gasteiger partial charge in [0.15, 0.2) is 5.78 Å². The van der Waals surface area contributed by atoms with E-state index in [2.05, 4.69) is 9.47 Å². The van der Waals surface area contributed by atoms with Gasteiger partial charge < -0.3 is 10.3 Å². The Hall–Kier alpha value is -3.98. The molecule has 2 aromatic carbocycles. The first kappa shape index (κ1) is 24.7. The average Bonchev–Trinajstić information content (AvgIpc) is 3.24. The molecule has 0 amide bonds. The molecule has 1 fully saturated rings. The number of carbonyl (C=O) groups excluding carboxylic acids is 1. The number of para-hydroxylation sites is 2. The molecule has 37 heavy (non-hydrogen) atoms. The molecule has 192 valence electrons. The van der Waals surface area contributed by atoms with Crippen molar-refractivity contribution in [3.05, 3.63) is 92.4 Å². The highest BCUT2D eigenvalue weighted by atomic mass is 16.2. The van der Waals surface area contributed by atoms with Crippen LogP contribution >= 0.6 is 0 Å². The molecule has 3 heterocycles. The van der Waals surface area contributed by atoms with Crippen molar-refractivity contribution in [2.75, 3.05) is 18.8 Å². The van der Waals surface area contributed by atoms with Gasteiger partial charge in [0.1, 0.15) is 17.2 Å². The molecule has 0 aliphatic carbocycles. The van der Waals surface area contributed by atoms with Crippen molar-refractivity contribution in [3.63, 3.8) is 0 Å². The molecule has 5 rings (SSSR count). The fourth-order valence-corrected chi connectivity index (χ4v) is 5.37. The van der Waals surface area contributed by atoms with Gasteiger partial charge in [0, 0.05) is 13.6 Å². The summed E-state index contributed by atoms with van der Waals surface area (Å²) in [5.41, 5.74) is 7.93. The topological polar surface area (TPSA) is 108 Å². The Morgan fingerprint density at radius 3 is 2.49 bits per heavy atom. The molecule has 0 spiro atoms. The van der Waals surface area contributed by atoms with Crippen LogP contribution in [0.3, 0.4) is 0 Å². The van der Waals surface area contributed by atoms with E-state index in [0.717, 1.165) is 46.3 Å². The second-order valence-corrected chi connectivity index (χ2v) is 9.59. The van der Waals surface area contributed by atoms with Gasteiger partial charge in [0.25, 0.3) is 5.56 Å². The van der Waals surface area contributed by atoms with Crippen LogP contribution in [0.2, 0.25) is 0 Å². The second kappa shape index (κ2) is 10.2. The summed E-state index contributed by atoms with van der Waals surface area (Å²) in [7, 11) is 2.00. The number of benzene rings is 2. The minimum Gasteiger partial charge on any atom is -0.384 e. The predicted octanol–water partition coefficient (Wildman–Crippen LogP) is 2.96. The quantitative estimate of drug-likeness (QED) is 0.391. The molecular formula is C28H32N6O3. The van der Waals surface area contributed by atoms with Crippen molar-refractivity contribution in [3.8, 4) is 0 Å². The van der Waals surface area contributed by atoms with E-state index in [1.54, 1.807) is 6.92 Å². The first-order valence-corrected chi connectivity index (χ1v) is 12.8. The number of aromatic nitrogens is 4. The van der Waals surface area contributed by atoms with Crippen LogP contribution in [-0.2, 0) is 20.1 Å². The van der Waals surface area contributed by atoms with E-state index >= 15 is 0 Å². The fraction of sp³-hybridized carbons (Fsp3) is 0.357. The van der Waals surface area contributed by atoms with Gasteiger partial charge in [-0.25, -0.2) is 9.78 Å². The maximum absolute atomic E-state index is 13.7. The minimum absolute atomic E-state index is 0.0283. The van der Waals surface area contributed by atoms with Crippen molar-refractivity contribution in [2.24, 2.45) is 7.05 Å². The number of nitrogen functional groups attached to an aromatic ring is 1. The van der Waals surface area contributed by atoms with Crippen molar-refractivity contribution in [2.45, 2.75) is 45.3 Å². The highest BCUT2D eigenvalue weighted by Crippen LogP contribution is 2.32. The van der Waals surface area contributed by atoms with Gasteiger partial charge in [0.2, 0.25) is 0 Å². The number of carbonyl (C=O) groups is 1. The molecule has 1 unspecified atom stereocenters. The summed E-state index contributed by atoms with van der Waals surface area (Å²) < 4.78 is 4.50. The molecule has 1 aliphatic heterocycles. The standard InChI is InChI=1S/C28H32N6O3/c1-3-33-27(36)24(25(29)34(28(33)37)17-19-11-5-4-6-12-19)23(35)18-32-16-10-9-15-22(32)26-30-20-13-7-8-14-21(20)31(26)2/h4-8,11-14,22H,3,9-10,15-18,29H2,1-2H3. The number of nitrogens with two attached hydrogens (primary N) is 1. The summed E-state index contributed by atoms with van der Waals surface area (Å²) in [5, 5.41) is 0. The van der Waals surface area contributed by atoms with E-state index in [1.807, 2.05) is 61.6 Å². The number of imidazole rings is 1. The lowest BCUT2D eigenvalue weighted by Gasteiger charge is -2.34. The van der Waals surface area contributed by atoms with Crippen molar-refractivity contribution in [1.82, 2.24) is 23.6 Å². The smallest absolute Gasteiger partial charge is 0.332 e. The average molecular weight is 501 g/mol. The first-order valence-electron chi connectivity index (χ1n) is 12.8. The van der Waals surface area contributed by atoms with Crippen molar-refractivity contribution in [1.29, 1.82) is 0 Å². The number of fused-ring (bicyclic) bond motifs is 1. The lowest BCUT2D eigenvalue weighted by Crippen LogP contribution is -2.46. The lowest BCUT2D eigenvalue weighted by molar-refractivity contribution is 0.0828. The molecular weight excluding hydrogens is 468 g/mol. The zero-order chi connectivity index (χ0) is 26.1. The van der Waals surface area contributed by atoms with Crippen LogP contribution in [0.1, 0.15) is 54.0 Å². The molecule has 2 aromatic heterocycles. The van der Waals surface area contributed by atoms with Crippen LogP contribution in [0.15, 0.2) is 64.2 Å². The Morgan fingerprint density at radius 2 is 1.76 bits per heavy atom. The summed E-state index contributed by atoms with van der Waals surface area (Å²) in [6, 6.07) is 17.3. The van der Waals surface area contributed by atoms with Crippen LogP contribution in [0, 0.1) is 0 Å². The van der Waals surface area contributed by atoms with Gasteiger partial charge in [-0.3, -0.25) is 23.6 Å². The molecule has 9 nitrogen and oxygen atoms in total. The van der Waals surface area contributed by atoms with E-state index < -0.39 is 11.2 Å². The van der Waals surface area contributed by atoms with Crippen molar-refractivity contribution >= 4 is 22.6 Å². The van der Waals surface area contributed by atoms with E-state index in [-0.39, 0.29) is 42.8 Å². The lowest BCUT2D eigenvalue weighted by atomic mass is 10.00. The van der Waals surface area contributed by atoms with Gasteiger partial charge in [0.05, 0.1) is 30.2 Å². The number of hydrogen-bond acceptors (Lipinski definition) is 6. The third-order valence-electron chi connectivity index (χ3n) is 7.33. The summed E-state index contributed by atoms with van der Waals surface area (Å²) in [6.45, 7) is 2.79. The summed E-state index contributed by atoms with van der Waals surface area (Å²) in [6.07, 6.45) is 2.85. The molecule has 1 aliphatic rings. The number of rotatable bonds is 7. The molecule has 0 bridgehead atoms. The molecule has 0 saturated carbocycles. The molecule has 0 radical (unpaired) electrons. The van der Waals surface area contributed by atoms with E-state index in [1.165, 1.54) is 4.57 Å². The Morgan fingerprint density at radius 1 is 1.03 bits per heavy atom. The van der Waals surface area contributed by atoms with Crippen LogP contribution in [0.4, 0.5) is 5.82 Å². The maximum atomic E-state index is 13.7. The van der Waals surface area contributed by atoms with Crippen LogP contribution in [-0.4, -0.2) is 42.5 Å². The number of piperidine rings is 1. The third-order valence-corrected chi connectivity index (χ3v) is 7.33. The number of hydrogen-bond donors (Lipinski definition) is 1. The zero-order valence-electron chi connectivity index (χ0n) is 21.3. The number of aryl methyl sites for hydroxylation is 1. The summed E-state index contributed by atoms with van der Waals surface area (Å²) in [5.74, 6) is 0.448. The minimum atomic E-state index is -0.629. The SMILES string of the molecule is CCn1c(=O)c(C(=O)CN2CCCCC2c2nc3ccccc3n2C)c(N)n(Cc2ccccc2)c1=O. The molecule has 1 atom stereocenters. The fourth-order valence-electron chi connectivity index (χ4n) is 5.37. The van der Waals surface area contributed by atoms with E-state index in [0.29, 0.717) is 6.54 Å². The van der Waals surface area contributed by atoms with Gasteiger partial charge in [-0.05, 0) is 44.0 Å².